The number of aromatic nitrogens is 4. The van der Waals surface area contributed by atoms with Crippen molar-refractivity contribution in [3.8, 4) is 22.5 Å². The number of nitrogens with one attached hydrogen (secondary N) is 1. The Morgan fingerprint density at radius 3 is 2.38 bits per heavy atom. The molecule has 1 aromatic carbocycles. The van der Waals surface area contributed by atoms with Crippen LogP contribution in [0.3, 0.4) is 0 Å². The minimum Gasteiger partial charge on any atom is -0.338 e. The third-order valence-corrected chi connectivity index (χ3v) is 5.96. The zero-order valence-corrected chi connectivity index (χ0v) is 18.9. The van der Waals surface area contributed by atoms with Crippen LogP contribution >= 0.6 is 0 Å². The van der Waals surface area contributed by atoms with Gasteiger partial charge in [0, 0.05) is 60.6 Å². The molecule has 4 rings (SSSR count). The zero-order valence-electron chi connectivity index (χ0n) is 18.9. The normalized spacial score (nSPS) is 16.2. The van der Waals surface area contributed by atoms with E-state index in [1.165, 1.54) is 4.90 Å². The fraction of sp³-hybridized carbons (Fsp3) is 0.458. The first-order chi connectivity index (χ1) is 15.1. The van der Waals surface area contributed by atoms with Gasteiger partial charge in [0.15, 0.2) is 0 Å². The summed E-state index contributed by atoms with van der Waals surface area (Å²) < 4.78 is 29.0. The van der Waals surface area contributed by atoms with Gasteiger partial charge in [-0.05, 0) is 44.0 Å². The first-order valence-electron chi connectivity index (χ1n) is 11.1. The van der Waals surface area contributed by atoms with Crippen molar-refractivity contribution in [1.82, 2.24) is 24.9 Å². The molecule has 0 saturated carbocycles. The van der Waals surface area contributed by atoms with Gasteiger partial charge in [0.1, 0.15) is 0 Å². The molecule has 0 radical (unpaired) electrons. The number of hydrogen-bond acceptors (Lipinski definition) is 3. The molecular formula is C24H29F2N5O. The lowest BCUT2D eigenvalue weighted by Gasteiger charge is -2.32. The van der Waals surface area contributed by atoms with Crippen molar-refractivity contribution in [3.63, 3.8) is 0 Å². The maximum atomic E-state index is 13.6. The molecule has 3 heterocycles. The zero-order chi connectivity index (χ0) is 23.0. The van der Waals surface area contributed by atoms with Crippen LogP contribution in [0.25, 0.3) is 22.5 Å². The Morgan fingerprint density at radius 2 is 1.78 bits per heavy atom. The van der Waals surface area contributed by atoms with Crippen molar-refractivity contribution >= 4 is 5.91 Å². The summed E-state index contributed by atoms with van der Waals surface area (Å²) in [7, 11) is 0. The first-order valence-corrected chi connectivity index (χ1v) is 11.1. The highest BCUT2D eigenvalue weighted by molar-refractivity contribution is 6.01. The quantitative estimate of drug-likeness (QED) is 0.567. The van der Waals surface area contributed by atoms with E-state index in [1.807, 2.05) is 49.0 Å². The third kappa shape index (κ3) is 4.45. The molecule has 170 valence electrons. The highest BCUT2D eigenvalue weighted by Gasteiger charge is 2.36. The fourth-order valence-corrected chi connectivity index (χ4v) is 3.86. The lowest BCUT2D eigenvalue weighted by molar-refractivity contribution is -0.0494. The number of aromatic amines is 1. The number of nitrogens with zero attached hydrogens (tertiary/aromatic N) is 4. The third-order valence-electron chi connectivity index (χ3n) is 5.96. The van der Waals surface area contributed by atoms with E-state index in [0.717, 1.165) is 17.0 Å². The van der Waals surface area contributed by atoms with Crippen LogP contribution in [0.15, 0.2) is 36.5 Å². The van der Waals surface area contributed by atoms with E-state index >= 15 is 0 Å². The molecule has 1 N–H and O–H groups in total. The molecule has 0 atom stereocenters. The lowest BCUT2D eigenvalue weighted by atomic mass is 9.97. The number of amides is 1. The predicted molar refractivity (Wildman–Crippen MR) is 120 cm³/mol. The molecule has 6 nitrogen and oxygen atoms in total. The molecule has 1 aliphatic rings. The molecule has 8 heteroatoms. The van der Waals surface area contributed by atoms with E-state index in [9.17, 15) is 13.6 Å². The maximum absolute atomic E-state index is 13.6. The van der Waals surface area contributed by atoms with Crippen molar-refractivity contribution in [2.45, 2.75) is 58.4 Å². The van der Waals surface area contributed by atoms with E-state index < -0.39 is 5.92 Å². The lowest BCUT2D eigenvalue weighted by Crippen LogP contribution is -2.42. The minimum atomic E-state index is -2.70. The summed E-state index contributed by atoms with van der Waals surface area (Å²) in [4.78, 5) is 14.8. The van der Waals surface area contributed by atoms with E-state index in [4.69, 9.17) is 0 Å². The Hall–Kier alpha value is -3.03. The highest BCUT2D eigenvalue weighted by atomic mass is 19.3. The molecule has 1 aliphatic heterocycles. The van der Waals surface area contributed by atoms with E-state index in [2.05, 4.69) is 29.1 Å². The van der Waals surface area contributed by atoms with Crippen LogP contribution in [0.2, 0.25) is 0 Å². The van der Waals surface area contributed by atoms with Crippen LogP contribution in [0.1, 0.15) is 68.5 Å². The molecule has 3 aromatic rings. The van der Waals surface area contributed by atoms with Gasteiger partial charge in [0.25, 0.3) is 11.8 Å². The van der Waals surface area contributed by atoms with Gasteiger partial charge in [0.05, 0.1) is 11.4 Å². The molecule has 0 unspecified atom stereocenters. The van der Waals surface area contributed by atoms with E-state index in [-0.39, 0.29) is 37.9 Å². The number of piperidine rings is 1. The first kappa shape index (κ1) is 22.2. The molecule has 32 heavy (non-hydrogen) atoms. The Morgan fingerprint density at radius 1 is 1.06 bits per heavy atom. The van der Waals surface area contributed by atoms with E-state index in [0.29, 0.717) is 22.7 Å². The summed E-state index contributed by atoms with van der Waals surface area (Å²) in [5, 5.41) is 12.1. The Labute approximate surface area is 186 Å². The number of likely N-dealkylation sites (tertiary alicyclic amines) is 1. The van der Waals surface area contributed by atoms with Crippen LogP contribution in [0.4, 0.5) is 8.78 Å². The summed E-state index contributed by atoms with van der Waals surface area (Å²) in [6.07, 6.45) is 1.27. The van der Waals surface area contributed by atoms with Gasteiger partial charge in [-0.3, -0.25) is 14.6 Å². The number of carbonyl (C=O) groups is 1. The molecule has 2 aromatic heterocycles. The maximum Gasteiger partial charge on any atom is 0.254 e. The van der Waals surface area contributed by atoms with Crippen LogP contribution in [0.5, 0.6) is 0 Å². The largest absolute Gasteiger partial charge is 0.338 e. The average Bonchev–Trinajstić information content (AvgIpc) is 3.43. The van der Waals surface area contributed by atoms with Crippen LogP contribution in [0, 0.1) is 0 Å². The molecule has 0 aliphatic carbocycles. The standard InChI is InChI=1S/C24H29F2N5O/c1-15(2)21-14-22(28-27-21)17-5-6-18(23(32)30-11-8-24(25,26)9-12-30)19(13-17)20-7-10-31(29-20)16(3)4/h5-7,10,13-16H,8-9,11-12H2,1-4H3,(H,27,28). The molecule has 1 saturated heterocycles. The summed E-state index contributed by atoms with van der Waals surface area (Å²) in [6, 6.07) is 9.59. The number of carbonyl (C=O) groups excluding carboxylic acids is 1. The number of rotatable bonds is 5. The van der Waals surface area contributed by atoms with E-state index in [1.54, 1.807) is 6.07 Å². The minimum absolute atomic E-state index is 0.0462. The number of halogens is 2. The predicted octanol–water partition coefficient (Wildman–Crippen LogP) is 5.52. The van der Waals surface area contributed by atoms with Gasteiger partial charge in [-0.25, -0.2) is 8.78 Å². The van der Waals surface area contributed by atoms with Crippen LogP contribution in [-0.2, 0) is 0 Å². The summed E-state index contributed by atoms with van der Waals surface area (Å²) in [5.74, 6) is -2.63. The number of benzene rings is 1. The molecule has 1 amide bonds. The van der Waals surface area contributed by atoms with Crippen molar-refractivity contribution in [3.05, 3.63) is 47.8 Å². The average molecular weight is 442 g/mol. The van der Waals surface area contributed by atoms with Gasteiger partial charge in [0.2, 0.25) is 0 Å². The van der Waals surface area contributed by atoms with Crippen molar-refractivity contribution < 1.29 is 13.6 Å². The molecule has 0 bridgehead atoms. The summed E-state index contributed by atoms with van der Waals surface area (Å²) in [6.45, 7) is 8.33. The second-order valence-electron chi connectivity index (χ2n) is 9.05. The summed E-state index contributed by atoms with van der Waals surface area (Å²) >= 11 is 0. The van der Waals surface area contributed by atoms with Gasteiger partial charge < -0.3 is 4.90 Å². The highest BCUT2D eigenvalue weighted by Crippen LogP contribution is 2.33. The Bertz CT molecular complexity index is 1110. The van der Waals surface area contributed by atoms with Gasteiger partial charge in [-0.2, -0.15) is 10.2 Å². The van der Waals surface area contributed by atoms with Crippen molar-refractivity contribution in [2.24, 2.45) is 0 Å². The summed E-state index contributed by atoms with van der Waals surface area (Å²) in [5.41, 5.74) is 4.50. The van der Waals surface area contributed by atoms with Crippen LogP contribution < -0.4 is 0 Å². The smallest absolute Gasteiger partial charge is 0.254 e. The van der Waals surface area contributed by atoms with Gasteiger partial charge >= 0.3 is 0 Å². The fourth-order valence-electron chi connectivity index (χ4n) is 3.86. The Balaban J connectivity index is 1.74. The SMILES string of the molecule is CC(C)c1cc(-c2ccc(C(=O)N3CCC(F)(F)CC3)c(-c3ccn(C(C)C)n3)c2)n[nH]1. The molecular weight excluding hydrogens is 412 g/mol. The van der Waals surface area contributed by atoms with Crippen LogP contribution in [-0.4, -0.2) is 49.8 Å². The number of H-pyrrole nitrogens is 1. The van der Waals surface area contributed by atoms with Gasteiger partial charge in [-0.15, -0.1) is 0 Å². The molecule has 0 spiro atoms. The second kappa shape index (κ2) is 8.48. The Kier molecular flexibility index (Phi) is 5.88. The van der Waals surface area contributed by atoms with Crippen molar-refractivity contribution in [2.75, 3.05) is 13.1 Å². The molecule has 1 fully saturated rings. The number of hydrogen-bond donors (Lipinski definition) is 1. The van der Waals surface area contributed by atoms with Gasteiger partial charge in [-0.1, -0.05) is 19.9 Å². The number of alkyl halides is 2. The topological polar surface area (TPSA) is 66.8 Å². The second-order valence-corrected chi connectivity index (χ2v) is 9.05. The van der Waals surface area contributed by atoms with Crippen molar-refractivity contribution in [1.29, 1.82) is 0 Å². The monoisotopic (exact) mass is 441 g/mol.